The second kappa shape index (κ2) is 6.85. The van der Waals surface area contributed by atoms with E-state index in [0.29, 0.717) is 5.75 Å². The molecule has 0 bridgehead atoms. The monoisotopic (exact) mass is 194 g/mol. The van der Waals surface area contributed by atoms with E-state index in [9.17, 15) is 4.79 Å². The van der Waals surface area contributed by atoms with Crippen LogP contribution in [0.5, 0.6) is 0 Å². The average Bonchev–Trinajstić information content (AvgIpc) is 1.97. The number of hydrogen-bond acceptors (Lipinski definition) is 3. The second-order valence-electron chi connectivity index (χ2n) is 2.51. The van der Waals surface area contributed by atoms with Crippen molar-refractivity contribution in [2.75, 3.05) is 11.5 Å². The van der Waals surface area contributed by atoms with Crippen molar-refractivity contribution < 1.29 is 9.90 Å². The normalized spacial score (nSPS) is 12.9. The molecule has 0 radical (unpaired) electrons. The Hall–Kier alpha value is 0.170. The first-order valence-corrected chi connectivity index (χ1v) is 4.90. The highest BCUT2D eigenvalue weighted by atomic mass is 32.1. The third kappa shape index (κ3) is 6.56. The maximum atomic E-state index is 10.3. The lowest BCUT2D eigenvalue weighted by atomic mass is 10.0. The highest BCUT2D eigenvalue weighted by Gasteiger charge is 2.10. The molecule has 66 valence electrons. The zero-order chi connectivity index (χ0) is 8.69. The number of hydrogen-bond donors (Lipinski definition) is 3. The van der Waals surface area contributed by atoms with Gasteiger partial charge < -0.3 is 5.11 Å². The topological polar surface area (TPSA) is 37.3 Å². The Morgan fingerprint density at radius 2 is 2.09 bits per heavy atom. The van der Waals surface area contributed by atoms with Crippen LogP contribution in [0.15, 0.2) is 0 Å². The Morgan fingerprint density at radius 1 is 1.45 bits per heavy atom. The van der Waals surface area contributed by atoms with Gasteiger partial charge in [0.1, 0.15) is 0 Å². The summed E-state index contributed by atoms with van der Waals surface area (Å²) in [7, 11) is 0. The van der Waals surface area contributed by atoms with Crippen molar-refractivity contribution in [3.05, 3.63) is 0 Å². The van der Waals surface area contributed by atoms with E-state index in [1.54, 1.807) is 0 Å². The van der Waals surface area contributed by atoms with E-state index in [4.69, 9.17) is 5.11 Å². The summed E-state index contributed by atoms with van der Waals surface area (Å²) in [5, 5.41) is 8.46. The van der Waals surface area contributed by atoms with Crippen molar-refractivity contribution in [1.29, 1.82) is 0 Å². The summed E-state index contributed by atoms with van der Waals surface area (Å²) in [6.45, 7) is 0. The average molecular weight is 194 g/mol. The fraction of sp³-hybridized carbons (Fsp3) is 0.857. The van der Waals surface area contributed by atoms with Gasteiger partial charge in [-0.25, -0.2) is 0 Å². The maximum Gasteiger partial charge on any atom is 0.303 e. The van der Waals surface area contributed by atoms with Crippen LogP contribution in [0.2, 0.25) is 0 Å². The SMILES string of the molecule is O=C(O)CC(CS)CCCS. The summed E-state index contributed by atoms with van der Waals surface area (Å²) in [5.41, 5.74) is 0. The Balaban J connectivity index is 3.49. The first kappa shape index (κ1) is 11.2. The largest absolute Gasteiger partial charge is 0.481 e. The summed E-state index contributed by atoms with van der Waals surface area (Å²) < 4.78 is 0. The first-order chi connectivity index (χ1) is 5.20. The quantitative estimate of drug-likeness (QED) is 0.563. The number of thiol groups is 2. The van der Waals surface area contributed by atoms with Gasteiger partial charge >= 0.3 is 5.97 Å². The third-order valence-electron chi connectivity index (χ3n) is 1.49. The van der Waals surface area contributed by atoms with Crippen LogP contribution in [0.4, 0.5) is 0 Å². The molecule has 0 saturated heterocycles. The van der Waals surface area contributed by atoms with Gasteiger partial charge in [-0.2, -0.15) is 25.3 Å². The summed E-state index contributed by atoms with van der Waals surface area (Å²) in [4.78, 5) is 10.3. The molecule has 0 saturated carbocycles. The number of aliphatic carboxylic acids is 1. The van der Waals surface area contributed by atoms with Gasteiger partial charge in [-0.3, -0.25) is 4.79 Å². The molecule has 1 N–H and O–H groups in total. The van der Waals surface area contributed by atoms with Crippen LogP contribution in [0.1, 0.15) is 19.3 Å². The van der Waals surface area contributed by atoms with E-state index >= 15 is 0 Å². The summed E-state index contributed by atoms with van der Waals surface area (Å²) in [6.07, 6.45) is 2.12. The highest BCUT2D eigenvalue weighted by molar-refractivity contribution is 7.80. The zero-order valence-electron chi connectivity index (χ0n) is 6.36. The minimum Gasteiger partial charge on any atom is -0.481 e. The standard InChI is InChI=1S/C7H14O2S2/c8-7(9)4-6(5-11)2-1-3-10/h6,10-11H,1-5H2,(H,8,9). The fourth-order valence-electron chi connectivity index (χ4n) is 0.885. The van der Waals surface area contributed by atoms with Crippen LogP contribution in [0.3, 0.4) is 0 Å². The molecule has 0 aromatic rings. The molecule has 0 fully saturated rings. The van der Waals surface area contributed by atoms with Crippen LogP contribution in [0.25, 0.3) is 0 Å². The highest BCUT2D eigenvalue weighted by Crippen LogP contribution is 2.13. The Bertz CT molecular complexity index is 117. The number of rotatable bonds is 6. The lowest BCUT2D eigenvalue weighted by Crippen LogP contribution is -2.09. The second-order valence-corrected chi connectivity index (χ2v) is 3.32. The molecular weight excluding hydrogens is 180 g/mol. The van der Waals surface area contributed by atoms with E-state index in [1.165, 1.54) is 0 Å². The fourth-order valence-corrected chi connectivity index (χ4v) is 1.38. The number of carboxylic acid groups (broad SMARTS) is 1. The number of carboxylic acids is 1. The molecule has 11 heavy (non-hydrogen) atoms. The molecule has 0 aliphatic heterocycles. The molecule has 1 atom stereocenters. The van der Waals surface area contributed by atoms with Crippen molar-refractivity contribution in [1.82, 2.24) is 0 Å². The van der Waals surface area contributed by atoms with Crippen LogP contribution in [-0.4, -0.2) is 22.6 Å². The predicted octanol–water partition coefficient (Wildman–Crippen LogP) is 1.72. The smallest absolute Gasteiger partial charge is 0.303 e. The molecule has 0 aliphatic rings. The van der Waals surface area contributed by atoms with Crippen molar-refractivity contribution in [2.45, 2.75) is 19.3 Å². The molecule has 2 nitrogen and oxygen atoms in total. The molecule has 4 heteroatoms. The molecule has 0 aromatic carbocycles. The molecule has 0 spiro atoms. The van der Waals surface area contributed by atoms with Gasteiger partial charge in [-0.05, 0) is 30.3 Å². The minimum atomic E-state index is -0.733. The van der Waals surface area contributed by atoms with Gasteiger partial charge in [-0.15, -0.1) is 0 Å². The van der Waals surface area contributed by atoms with E-state index in [-0.39, 0.29) is 12.3 Å². The van der Waals surface area contributed by atoms with Gasteiger partial charge in [0.25, 0.3) is 0 Å². The van der Waals surface area contributed by atoms with Crippen molar-refractivity contribution in [2.24, 2.45) is 5.92 Å². The molecule has 0 amide bonds. The van der Waals surface area contributed by atoms with Crippen LogP contribution in [-0.2, 0) is 4.79 Å². The molecule has 0 aliphatic carbocycles. The molecule has 0 rings (SSSR count). The van der Waals surface area contributed by atoms with Crippen molar-refractivity contribution in [3.8, 4) is 0 Å². The van der Waals surface area contributed by atoms with Crippen molar-refractivity contribution >= 4 is 31.2 Å². The molecule has 1 unspecified atom stereocenters. The van der Waals surface area contributed by atoms with Gasteiger partial charge in [0.2, 0.25) is 0 Å². The Kier molecular flexibility index (Phi) is 6.96. The van der Waals surface area contributed by atoms with Crippen LogP contribution < -0.4 is 0 Å². The lowest BCUT2D eigenvalue weighted by molar-refractivity contribution is -0.137. The first-order valence-electron chi connectivity index (χ1n) is 3.64. The lowest BCUT2D eigenvalue weighted by Gasteiger charge is -2.09. The molecule has 0 aromatic heterocycles. The minimum absolute atomic E-state index is 0.211. The van der Waals surface area contributed by atoms with E-state index < -0.39 is 5.97 Å². The van der Waals surface area contributed by atoms with E-state index in [2.05, 4.69) is 25.3 Å². The van der Waals surface area contributed by atoms with Gasteiger partial charge in [0.15, 0.2) is 0 Å². The Morgan fingerprint density at radius 3 is 2.45 bits per heavy atom. The summed E-state index contributed by atoms with van der Waals surface area (Å²) in [6, 6.07) is 0. The van der Waals surface area contributed by atoms with E-state index in [1.807, 2.05) is 0 Å². The predicted molar refractivity (Wildman–Crippen MR) is 52.7 cm³/mol. The van der Waals surface area contributed by atoms with Crippen LogP contribution >= 0.6 is 25.3 Å². The van der Waals surface area contributed by atoms with E-state index in [0.717, 1.165) is 18.6 Å². The number of carbonyl (C=O) groups is 1. The van der Waals surface area contributed by atoms with Crippen LogP contribution in [0, 0.1) is 5.92 Å². The Labute approximate surface area is 78.2 Å². The summed E-state index contributed by atoms with van der Waals surface area (Å²) in [5.74, 6) is 0.954. The van der Waals surface area contributed by atoms with Gasteiger partial charge in [0.05, 0.1) is 0 Å². The molecule has 0 heterocycles. The zero-order valence-corrected chi connectivity index (χ0v) is 8.15. The maximum absolute atomic E-state index is 10.3. The third-order valence-corrected chi connectivity index (χ3v) is 2.32. The summed E-state index contributed by atoms with van der Waals surface area (Å²) >= 11 is 8.13. The molecular formula is C7H14O2S2. The van der Waals surface area contributed by atoms with Gasteiger partial charge in [0, 0.05) is 6.42 Å². The van der Waals surface area contributed by atoms with Gasteiger partial charge in [-0.1, -0.05) is 0 Å². The van der Waals surface area contributed by atoms with Crippen molar-refractivity contribution in [3.63, 3.8) is 0 Å².